The van der Waals surface area contributed by atoms with Gasteiger partial charge in [0.2, 0.25) is 0 Å². The first-order chi connectivity index (χ1) is 6.77. The van der Waals surface area contributed by atoms with Gasteiger partial charge in [-0.2, -0.15) is 0 Å². The number of thioether (sulfide) groups is 1. The van der Waals surface area contributed by atoms with Gasteiger partial charge in [-0.05, 0) is 29.3 Å². The van der Waals surface area contributed by atoms with E-state index in [0.717, 1.165) is 11.0 Å². The van der Waals surface area contributed by atoms with Crippen molar-refractivity contribution < 1.29 is 0 Å². The Bertz CT molecular complexity index is 464. The third-order valence-corrected chi connectivity index (χ3v) is 4.60. The molecule has 1 aromatic heterocycles. The number of anilines is 1. The highest BCUT2D eigenvalue weighted by atomic mass is 79.9. The summed E-state index contributed by atoms with van der Waals surface area (Å²) in [5.41, 5.74) is 8.17. The zero-order valence-electron chi connectivity index (χ0n) is 7.71. The summed E-state index contributed by atoms with van der Waals surface area (Å²) in [5.74, 6) is 0. The fourth-order valence-corrected chi connectivity index (χ4v) is 3.83. The van der Waals surface area contributed by atoms with Crippen LogP contribution in [0.25, 0.3) is 10.1 Å². The summed E-state index contributed by atoms with van der Waals surface area (Å²) in [4.78, 5) is 1.20. The maximum atomic E-state index is 6.00. The lowest BCUT2D eigenvalue weighted by molar-refractivity contribution is 1.45. The van der Waals surface area contributed by atoms with Crippen LogP contribution in [0.1, 0.15) is 5.56 Å². The van der Waals surface area contributed by atoms with E-state index in [4.69, 9.17) is 5.73 Å². The molecule has 4 heteroatoms. The minimum absolute atomic E-state index is 0.864. The average molecular weight is 288 g/mol. The minimum atomic E-state index is 0.864. The molecule has 2 aromatic rings. The van der Waals surface area contributed by atoms with E-state index in [0.29, 0.717) is 0 Å². The number of thiophene rings is 1. The van der Waals surface area contributed by atoms with E-state index in [1.54, 1.807) is 23.1 Å². The molecule has 2 N–H and O–H groups in total. The third-order valence-electron chi connectivity index (χ3n) is 2.14. The molecule has 0 amide bonds. The van der Waals surface area contributed by atoms with Gasteiger partial charge >= 0.3 is 0 Å². The molecule has 1 nitrogen and oxygen atoms in total. The lowest BCUT2D eigenvalue weighted by Gasteiger charge is -2.07. The molecule has 0 radical (unpaired) electrons. The first kappa shape index (κ1) is 10.3. The maximum absolute atomic E-state index is 6.00. The van der Waals surface area contributed by atoms with Crippen molar-refractivity contribution in [1.82, 2.24) is 0 Å². The molecule has 2 rings (SSSR count). The number of nitrogen functional groups attached to an aromatic ring is 1. The number of nitrogens with two attached hydrogens (primary N) is 1. The second-order valence-corrected chi connectivity index (χ2v) is 5.25. The van der Waals surface area contributed by atoms with Gasteiger partial charge in [0.15, 0.2) is 0 Å². The highest BCUT2D eigenvalue weighted by Crippen LogP contribution is 2.37. The molecule has 0 aliphatic rings. The Kier molecular flexibility index (Phi) is 3.04. The number of fused-ring (bicyclic) bond motifs is 1. The van der Waals surface area contributed by atoms with Gasteiger partial charge in [-0.3, -0.25) is 0 Å². The molecule has 0 aliphatic heterocycles. The molecule has 0 atom stereocenters. The molecule has 0 bridgehead atoms. The monoisotopic (exact) mass is 287 g/mol. The Hall–Kier alpha value is -0.190. The lowest BCUT2D eigenvalue weighted by atomic mass is 10.1. The van der Waals surface area contributed by atoms with Crippen LogP contribution < -0.4 is 5.73 Å². The first-order valence-corrected chi connectivity index (χ1v) is 7.39. The van der Waals surface area contributed by atoms with Crippen LogP contribution in [-0.2, 0) is 5.33 Å². The number of hydrogen-bond donors (Lipinski definition) is 1. The molecular formula is C10H10BrNS2. The Balaban J connectivity index is 2.81. The molecule has 0 unspecified atom stereocenters. The Morgan fingerprint density at radius 1 is 1.57 bits per heavy atom. The van der Waals surface area contributed by atoms with Crippen molar-refractivity contribution in [3.05, 3.63) is 23.1 Å². The molecule has 0 spiro atoms. The second-order valence-electron chi connectivity index (χ2n) is 2.96. The summed E-state index contributed by atoms with van der Waals surface area (Å²) in [6.07, 6.45) is 2.07. The molecule has 0 saturated heterocycles. The quantitative estimate of drug-likeness (QED) is 0.511. The number of benzene rings is 1. The smallest absolute Gasteiger partial charge is 0.0462 e. The van der Waals surface area contributed by atoms with Crippen LogP contribution in [-0.4, -0.2) is 6.26 Å². The Morgan fingerprint density at radius 2 is 2.36 bits per heavy atom. The van der Waals surface area contributed by atoms with Crippen LogP contribution in [0.3, 0.4) is 0 Å². The Labute approximate surface area is 99.8 Å². The van der Waals surface area contributed by atoms with Crippen molar-refractivity contribution in [2.45, 2.75) is 10.2 Å². The van der Waals surface area contributed by atoms with Crippen LogP contribution in [0.4, 0.5) is 5.69 Å². The fraction of sp³-hybridized carbons (Fsp3) is 0.200. The van der Waals surface area contributed by atoms with Gasteiger partial charge in [0.1, 0.15) is 0 Å². The van der Waals surface area contributed by atoms with E-state index < -0.39 is 0 Å². The molecule has 1 aromatic carbocycles. The van der Waals surface area contributed by atoms with Crippen molar-refractivity contribution in [3.8, 4) is 0 Å². The van der Waals surface area contributed by atoms with E-state index in [2.05, 4.69) is 39.7 Å². The minimum Gasteiger partial charge on any atom is -0.398 e. The zero-order chi connectivity index (χ0) is 10.1. The number of halogens is 1. The predicted molar refractivity (Wildman–Crippen MR) is 70.6 cm³/mol. The van der Waals surface area contributed by atoms with Crippen LogP contribution in [0.5, 0.6) is 0 Å². The standard InChI is InChI=1S/C10H10BrNS2/c1-13-10-7-2-3-14-9(7)6(5-11)4-8(10)12/h2-4H,5,12H2,1H3. The van der Waals surface area contributed by atoms with E-state index in [1.807, 2.05) is 0 Å². The Morgan fingerprint density at radius 3 is 3.00 bits per heavy atom. The van der Waals surface area contributed by atoms with Crippen molar-refractivity contribution in [3.63, 3.8) is 0 Å². The highest BCUT2D eigenvalue weighted by Gasteiger charge is 2.09. The molecular weight excluding hydrogens is 278 g/mol. The van der Waals surface area contributed by atoms with E-state index in [1.165, 1.54) is 20.5 Å². The van der Waals surface area contributed by atoms with Gasteiger partial charge < -0.3 is 5.73 Å². The van der Waals surface area contributed by atoms with Gasteiger partial charge in [-0.15, -0.1) is 23.1 Å². The molecule has 0 aliphatic carbocycles. The van der Waals surface area contributed by atoms with Gasteiger partial charge in [-0.25, -0.2) is 0 Å². The van der Waals surface area contributed by atoms with Crippen molar-refractivity contribution in [2.24, 2.45) is 0 Å². The molecule has 1 heterocycles. The first-order valence-electron chi connectivity index (χ1n) is 4.16. The predicted octanol–water partition coefficient (Wildman–Crippen LogP) is 4.10. The van der Waals surface area contributed by atoms with Crippen molar-refractivity contribution >= 4 is 54.8 Å². The summed E-state index contributed by atoms with van der Waals surface area (Å²) >= 11 is 6.98. The summed E-state index contributed by atoms with van der Waals surface area (Å²) in [5, 5.41) is 4.27. The zero-order valence-corrected chi connectivity index (χ0v) is 10.9. The molecule has 14 heavy (non-hydrogen) atoms. The SMILES string of the molecule is CSc1c(N)cc(CBr)c2sccc12. The summed E-state index contributed by atoms with van der Waals surface area (Å²) in [6, 6.07) is 4.22. The molecule has 0 saturated carbocycles. The van der Waals surface area contributed by atoms with E-state index in [-0.39, 0.29) is 0 Å². The van der Waals surface area contributed by atoms with Crippen LogP contribution >= 0.6 is 39.0 Å². The van der Waals surface area contributed by atoms with Gasteiger partial charge in [0.25, 0.3) is 0 Å². The van der Waals surface area contributed by atoms with Crippen molar-refractivity contribution in [1.29, 1.82) is 0 Å². The lowest BCUT2D eigenvalue weighted by Crippen LogP contribution is -1.91. The van der Waals surface area contributed by atoms with Crippen LogP contribution in [0.15, 0.2) is 22.4 Å². The normalized spacial score (nSPS) is 11.0. The fourth-order valence-electron chi connectivity index (χ4n) is 1.54. The average Bonchev–Trinajstić information content (AvgIpc) is 2.65. The van der Waals surface area contributed by atoms with Crippen LogP contribution in [0.2, 0.25) is 0 Å². The number of alkyl halides is 1. The summed E-state index contributed by atoms with van der Waals surface area (Å²) < 4.78 is 1.35. The maximum Gasteiger partial charge on any atom is 0.0462 e. The number of rotatable bonds is 2. The topological polar surface area (TPSA) is 26.0 Å². The second kappa shape index (κ2) is 4.13. The van der Waals surface area contributed by atoms with E-state index in [9.17, 15) is 0 Å². The molecule has 0 fully saturated rings. The largest absolute Gasteiger partial charge is 0.398 e. The number of hydrogen-bond acceptors (Lipinski definition) is 3. The van der Waals surface area contributed by atoms with Crippen molar-refractivity contribution in [2.75, 3.05) is 12.0 Å². The third kappa shape index (κ3) is 1.55. The van der Waals surface area contributed by atoms with Gasteiger partial charge in [0.05, 0.1) is 0 Å². The molecule has 74 valence electrons. The van der Waals surface area contributed by atoms with Gasteiger partial charge in [0, 0.05) is 26.0 Å². The summed E-state index contributed by atoms with van der Waals surface area (Å²) in [6.45, 7) is 0. The summed E-state index contributed by atoms with van der Waals surface area (Å²) in [7, 11) is 0. The van der Waals surface area contributed by atoms with Crippen LogP contribution in [0, 0.1) is 0 Å². The highest BCUT2D eigenvalue weighted by molar-refractivity contribution is 9.08. The van der Waals surface area contributed by atoms with Gasteiger partial charge in [-0.1, -0.05) is 15.9 Å². The van der Waals surface area contributed by atoms with E-state index >= 15 is 0 Å².